The van der Waals surface area contributed by atoms with E-state index in [0.717, 1.165) is 17.9 Å². The van der Waals surface area contributed by atoms with E-state index in [1.165, 1.54) is 0 Å². The van der Waals surface area contributed by atoms with Crippen LogP contribution in [0.25, 0.3) is 0 Å². The highest BCUT2D eigenvalue weighted by molar-refractivity contribution is 8.00. The van der Waals surface area contributed by atoms with Crippen LogP contribution in [0.2, 0.25) is 0 Å². The number of nitrogens with one attached hydrogen (secondary N) is 1. The number of amides is 1. The molecule has 0 aromatic carbocycles. The number of hydrogen-bond donors (Lipinski definition) is 1. The number of carbonyl (C=O) groups excluding carboxylic acids is 1. The van der Waals surface area contributed by atoms with Crippen LogP contribution in [0.4, 0.5) is 0 Å². The molecule has 0 saturated heterocycles. The Hall–Kier alpha value is -0.150. The van der Waals surface area contributed by atoms with E-state index in [9.17, 15) is 4.79 Å². The van der Waals surface area contributed by atoms with Crippen LogP contribution in [0.3, 0.4) is 0 Å². The van der Waals surface area contributed by atoms with E-state index in [0.29, 0.717) is 16.9 Å². The zero-order valence-electron chi connectivity index (χ0n) is 10.5. The van der Waals surface area contributed by atoms with Gasteiger partial charge < -0.3 is 5.32 Å². The van der Waals surface area contributed by atoms with Crippen molar-refractivity contribution < 1.29 is 4.79 Å². The molecular formula is C12H22ClNOS. The molecule has 0 bridgehead atoms. The lowest BCUT2D eigenvalue weighted by Crippen LogP contribution is -2.22. The molecule has 2 nitrogen and oxygen atoms in total. The fraction of sp³-hybridized carbons (Fsp3) is 0.750. The second-order valence-corrected chi connectivity index (χ2v) is 5.79. The van der Waals surface area contributed by atoms with E-state index in [1.807, 2.05) is 13.0 Å². The van der Waals surface area contributed by atoms with Crippen molar-refractivity contribution in [2.75, 3.05) is 12.8 Å². The lowest BCUT2D eigenvalue weighted by molar-refractivity contribution is -0.118. The third-order valence-electron chi connectivity index (χ3n) is 2.71. The van der Waals surface area contributed by atoms with Crippen molar-refractivity contribution in [2.45, 2.75) is 38.9 Å². The van der Waals surface area contributed by atoms with E-state index in [2.05, 4.69) is 19.2 Å². The summed E-state index contributed by atoms with van der Waals surface area (Å²) in [6.07, 6.45) is 3.95. The highest BCUT2D eigenvalue weighted by Gasteiger charge is 2.14. The van der Waals surface area contributed by atoms with Crippen molar-refractivity contribution in [3.63, 3.8) is 0 Å². The second-order valence-electron chi connectivity index (χ2n) is 3.94. The smallest absolute Gasteiger partial charge is 0.229 e. The summed E-state index contributed by atoms with van der Waals surface area (Å²) in [6.45, 7) is 6.33. The van der Waals surface area contributed by atoms with Gasteiger partial charge >= 0.3 is 0 Å². The zero-order chi connectivity index (χ0) is 12.6. The van der Waals surface area contributed by atoms with Crippen molar-refractivity contribution in [2.24, 2.45) is 5.92 Å². The third kappa shape index (κ3) is 7.18. The summed E-state index contributed by atoms with van der Waals surface area (Å²) < 4.78 is 0. The van der Waals surface area contributed by atoms with Gasteiger partial charge in [0.05, 0.1) is 5.75 Å². The molecule has 0 aliphatic heterocycles. The van der Waals surface area contributed by atoms with Gasteiger partial charge in [0.25, 0.3) is 0 Å². The summed E-state index contributed by atoms with van der Waals surface area (Å²) in [5.41, 5.74) is 0. The van der Waals surface area contributed by atoms with Crippen LogP contribution in [0.1, 0.15) is 33.6 Å². The summed E-state index contributed by atoms with van der Waals surface area (Å²) in [5, 5.41) is 4.04. The number of hydrogen-bond acceptors (Lipinski definition) is 2. The maximum atomic E-state index is 11.1. The summed E-state index contributed by atoms with van der Waals surface area (Å²) in [5.74, 6) is 1.21. The Morgan fingerprint density at radius 2 is 2.12 bits per heavy atom. The van der Waals surface area contributed by atoms with Crippen LogP contribution in [0.5, 0.6) is 0 Å². The van der Waals surface area contributed by atoms with Crippen molar-refractivity contribution in [1.29, 1.82) is 0 Å². The summed E-state index contributed by atoms with van der Waals surface area (Å²) in [4.78, 5) is 11.1. The molecule has 0 rings (SSSR count). The van der Waals surface area contributed by atoms with Crippen molar-refractivity contribution >= 4 is 29.3 Å². The highest BCUT2D eigenvalue weighted by atomic mass is 35.5. The molecule has 2 unspecified atom stereocenters. The molecule has 0 saturated carbocycles. The van der Waals surface area contributed by atoms with Gasteiger partial charge in [0.2, 0.25) is 5.91 Å². The fourth-order valence-corrected chi connectivity index (χ4v) is 2.32. The van der Waals surface area contributed by atoms with Gasteiger partial charge in [-0.1, -0.05) is 31.5 Å². The maximum Gasteiger partial charge on any atom is 0.229 e. The van der Waals surface area contributed by atoms with E-state index in [4.69, 9.17) is 11.6 Å². The molecule has 1 amide bonds. The summed E-state index contributed by atoms with van der Waals surface area (Å²) >= 11 is 7.66. The molecule has 0 heterocycles. The quantitative estimate of drug-likeness (QED) is 0.763. The monoisotopic (exact) mass is 263 g/mol. The Kier molecular flexibility index (Phi) is 8.86. The van der Waals surface area contributed by atoms with Crippen LogP contribution in [-0.2, 0) is 4.79 Å². The predicted octanol–water partition coefficient (Wildman–Crippen LogP) is 3.41. The summed E-state index contributed by atoms with van der Waals surface area (Å²) in [7, 11) is 1.67. The average Bonchev–Trinajstić information content (AvgIpc) is 2.31. The Balaban J connectivity index is 3.81. The fourth-order valence-electron chi connectivity index (χ4n) is 1.19. The molecule has 1 N–H and O–H groups in total. The van der Waals surface area contributed by atoms with E-state index in [-0.39, 0.29) is 5.91 Å². The van der Waals surface area contributed by atoms with Crippen LogP contribution >= 0.6 is 23.4 Å². The minimum absolute atomic E-state index is 0.0931. The SMILES string of the molecule is CC=C(Cl)CCC(C)C(C)SCC(=O)NC. The Bertz CT molecular complexity index is 243. The molecule has 0 spiro atoms. The third-order valence-corrected chi connectivity index (χ3v) is 4.54. The first-order valence-corrected chi connectivity index (χ1v) is 7.06. The molecule has 94 valence electrons. The van der Waals surface area contributed by atoms with Crippen LogP contribution < -0.4 is 5.32 Å². The molecular weight excluding hydrogens is 242 g/mol. The molecule has 0 aliphatic carbocycles. The lowest BCUT2D eigenvalue weighted by atomic mass is 10.0. The molecule has 0 radical (unpaired) electrons. The normalized spacial score (nSPS) is 15.7. The largest absolute Gasteiger partial charge is 0.358 e. The average molecular weight is 264 g/mol. The molecule has 0 fully saturated rings. The minimum Gasteiger partial charge on any atom is -0.358 e. The van der Waals surface area contributed by atoms with Crippen LogP contribution in [-0.4, -0.2) is 24.0 Å². The van der Waals surface area contributed by atoms with Crippen LogP contribution in [0, 0.1) is 5.92 Å². The van der Waals surface area contributed by atoms with Gasteiger partial charge in [-0.3, -0.25) is 4.79 Å². The van der Waals surface area contributed by atoms with Gasteiger partial charge in [-0.05, 0) is 25.7 Å². The zero-order valence-corrected chi connectivity index (χ0v) is 12.1. The molecule has 16 heavy (non-hydrogen) atoms. The number of halogens is 1. The first-order valence-electron chi connectivity index (χ1n) is 5.64. The van der Waals surface area contributed by atoms with Crippen LogP contribution in [0.15, 0.2) is 11.1 Å². The van der Waals surface area contributed by atoms with E-state index < -0.39 is 0 Å². The molecule has 0 aromatic heterocycles. The lowest BCUT2D eigenvalue weighted by Gasteiger charge is -2.18. The van der Waals surface area contributed by atoms with Gasteiger partial charge in [0.15, 0.2) is 0 Å². The maximum absolute atomic E-state index is 11.1. The van der Waals surface area contributed by atoms with Gasteiger partial charge in [-0.25, -0.2) is 0 Å². The standard InChI is InChI=1S/C12H22ClNOS/c1-5-11(13)7-6-9(2)10(3)16-8-12(15)14-4/h5,9-10H,6-8H2,1-4H3,(H,14,15). The molecule has 0 aliphatic rings. The number of rotatable bonds is 7. The Morgan fingerprint density at radius 3 is 2.62 bits per heavy atom. The number of carbonyl (C=O) groups is 1. The molecule has 2 atom stereocenters. The Morgan fingerprint density at radius 1 is 1.50 bits per heavy atom. The van der Waals surface area contributed by atoms with E-state index in [1.54, 1.807) is 18.8 Å². The molecule has 0 aromatic rings. The molecule has 4 heteroatoms. The van der Waals surface area contributed by atoms with E-state index >= 15 is 0 Å². The van der Waals surface area contributed by atoms with Crippen molar-refractivity contribution in [3.8, 4) is 0 Å². The topological polar surface area (TPSA) is 29.1 Å². The van der Waals surface area contributed by atoms with Gasteiger partial charge in [0.1, 0.15) is 0 Å². The van der Waals surface area contributed by atoms with Gasteiger partial charge in [-0.15, -0.1) is 11.8 Å². The van der Waals surface area contributed by atoms with Gasteiger partial charge in [-0.2, -0.15) is 0 Å². The van der Waals surface area contributed by atoms with Gasteiger partial charge in [0, 0.05) is 17.3 Å². The minimum atomic E-state index is 0.0931. The van der Waals surface area contributed by atoms with Crippen molar-refractivity contribution in [3.05, 3.63) is 11.1 Å². The van der Waals surface area contributed by atoms with Crippen molar-refractivity contribution in [1.82, 2.24) is 5.32 Å². The second kappa shape index (κ2) is 8.94. The highest BCUT2D eigenvalue weighted by Crippen LogP contribution is 2.25. The number of thioether (sulfide) groups is 1. The first kappa shape index (κ1) is 15.9. The first-order chi connectivity index (χ1) is 7.51. The summed E-state index contributed by atoms with van der Waals surface area (Å²) in [6, 6.07) is 0. The number of allylic oxidation sites excluding steroid dienone is 2. The Labute approximate surface area is 108 Å². The predicted molar refractivity (Wildman–Crippen MR) is 74.0 cm³/mol.